The van der Waals surface area contributed by atoms with E-state index in [1.807, 2.05) is 42.4 Å². The molecule has 1 aliphatic heterocycles. The topological polar surface area (TPSA) is 57.2 Å². The van der Waals surface area contributed by atoms with Crippen LogP contribution in [0.4, 0.5) is 13.2 Å². The Kier molecular flexibility index (Phi) is 11.2. The number of allylic oxidation sites excluding steroid dienone is 1. The van der Waals surface area contributed by atoms with Crippen molar-refractivity contribution < 1.29 is 22.1 Å². The molecule has 0 spiro atoms. The zero-order chi connectivity index (χ0) is 25.2. The minimum atomic E-state index is -4.49. The molecule has 1 unspecified atom stereocenters. The Morgan fingerprint density at radius 3 is 2.59 bits per heavy atom. The average Bonchev–Trinajstić information content (AvgIpc) is 2.77. The molecule has 6 nitrogen and oxygen atoms in total. The summed E-state index contributed by atoms with van der Waals surface area (Å²) in [6, 6.07) is 7.59. The van der Waals surface area contributed by atoms with Gasteiger partial charge in [0.25, 0.3) is 0 Å². The van der Waals surface area contributed by atoms with Gasteiger partial charge in [-0.3, -0.25) is 9.91 Å². The van der Waals surface area contributed by atoms with Crippen LogP contribution in [0.5, 0.6) is 0 Å². The summed E-state index contributed by atoms with van der Waals surface area (Å²) in [4.78, 5) is 2.28. The first-order valence-electron chi connectivity index (χ1n) is 11.7. The molecule has 0 radical (unpaired) electrons. The maximum Gasteiger partial charge on any atom is 0.401 e. The van der Waals surface area contributed by atoms with E-state index in [4.69, 9.17) is 9.84 Å². The maximum atomic E-state index is 12.7. The average molecular weight is 503 g/mol. The predicted octanol–water partition coefficient (Wildman–Crippen LogP) is 4.52. The van der Waals surface area contributed by atoms with Crippen LogP contribution in [0, 0.1) is 0 Å². The van der Waals surface area contributed by atoms with Crippen LogP contribution >= 0.6 is 0 Å². The van der Waals surface area contributed by atoms with Crippen molar-refractivity contribution in [3.8, 4) is 0 Å². The molecule has 1 aromatic carbocycles. The smallest absolute Gasteiger partial charge is 0.379 e. The molecule has 2 rings (SSSR count). The third-order valence-corrected chi connectivity index (χ3v) is 6.74. The molecule has 10 heteroatoms. The van der Waals surface area contributed by atoms with Gasteiger partial charge in [-0.2, -0.15) is 18.3 Å². The molecule has 1 fully saturated rings. The first-order valence-corrected chi connectivity index (χ1v) is 13.0. The van der Waals surface area contributed by atoms with E-state index in [1.165, 1.54) is 0 Å². The Labute approximate surface area is 203 Å². The molecular formula is C24H37F3N4O2S. The third kappa shape index (κ3) is 9.48. The molecule has 1 saturated heterocycles. The second kappa shape index (κ2) is 13.4. The molecular weight excluding hydrogens is 465 g/mol. The molecule has 0 amide bonds. The fraction of sp³-hybridized carbons (Fsp3) is 0.625. The van der Waals surface area contributed by atoms with Gasteiger partial charge in [0.15, 0.2) is 0 Å². The molecule has 0 bridgehead atoms. The minimum Gasteiger partial charge on any atom is -0.379 e. The lowest BCUT2D eigenvalue weighted by Crippen LogP contribution is -2.41. The normalized spacial score (nSPS) is 17.3. The van der Waals surface area contributed by atoms with E-state index in [0.29, 0.717) is 6.54 Å². The van der Waals surface area contributed by atoms with Crippen molar-refractivity contribution >= 4 is 22.9 Å². The molecule has 1 N–H and O–H groups in total. The minimum absolute atomic E-state index is 0.663. The molecule has 0 aromatic heterocycles. The standard InChI is InChI=1S/C24H37F3N4O2S/c1-5-7-11-22(31(6-2)28-12-13-30-14-16-33-17-15-30)20-9-8-10-21(18-20)23(3,4)29-34(32)19-24(25,26)27/h8-12,18,29H,5-7,13-17,19H2,1-4H3/b22-11-,28-12+. The Morgan fingerprint density at radius 1 is 1.26 bits per heavy atom. The van der Waals surface area contributed by atoms with Gasteiger partial charge in [0.1, 0.15) is 16.7 Å². The largest absolute Gasteiger partial charge is 0.401 e. The summed E-state index contributed by atoms with van der Waals surface area (Å²) in [6.45, 7) is 12.2. The number of nitrogens with one attached hydrogen (secondary N) is 1. The number of halogens is 3. The van der Waals surface area contributed by atoms with Gasteiger partial charge in [-0.25, -0.2) is 8.93 Å². The summed E-state index contributed by atoms with van der Waals surface area (Å²) in [5, 5.41) is 6.66. The predicted molar refractivity (Wildman–Crippen MR) is 133 cm³/mol. The van der Waals surface area contributed by atoms with Crippen LogP contribution < -0.4 is 4.72 Å². The summed E-state index contributed by atoms with van der Waals surface area (Å²) < 4.78 is 58.0. The van der Waals surface area contributed by atoms with Crippen molar-refractivity contribution in [2.45, 2.75) is 52.3 Å². The lowest BCUT2D eigenvalue weighted by Gasteiger charge is -2.28. The summed E-state index contributed by atoms with van der Waals surface area (Å²) in [7, 11) is -2.24. The van der Waals surface area contributed by atoms with E-state index in [0.717, 1.165) is 62.5 Å². The summed E-state index contributed by atoms with van der Waals surface area (Å²) in [6.07, 6.45) is 1.39. The zero-order valence-electron chi connectivity index (χ0n) is 20.5. The van der Waals surface area contributed by atoms with Crippen LogP contribution in [0.2, 0.25) is 0 Å². The number of rotatable bonds is 12. The van der Waals surface area contributed by atoms with Crippen LogP contribution in [0.3, 0.4) is 0 Å². The number of hydrogen-bond acceptors (Lipinski definition) is 5. The number of unbranched alkanes of at least 4 members (excludes halogenated alkanes) is 1. The highest BCUT2D eigenvalue weighted by molar-refractivity contribution is 7.83. The van der Waals surface area contributed by atoms with Crippen LogP contribution in [0.1, 0.15) is 51.7 Å². The fourth-order valence-corrected chi connectivity index (χ4v) is 4.65. The molecule has 1 aromatic rings. The number of hydrazone groups is 1. The van der Waals surface area contributed by atoms with Gasteiger partial charge in [0.05, 0.1) is 18.9 Å². The van der Waals surface area contributed by atoms with Gasteiger partial charge in [-0.15, -0.1) is 0 Å². The highest BCUT2D eigenvalue weighted by atomic mass is 32.2. The summed E-state index contributed by atoms with van der Waals surface area (Å²) in [5.41, 5.74) is 1.68. The van der Waals surface area contributed by atoms with Gasteiger partial charge < -0.3 is 4.74 Å². The molecule has 0 aliphatic carbocycles. The van der Waals surface area contributed by atoms with Crippen molar-refractivity contribution in [3.63, 3.8) is 0 Å². The maximum absolute atomic E-state index is 12.7. The number of nitrogens with zero attached hydrogens (tertiary/aromatic N) is 3. The van der Waals surface area contributed by atoms with Gasteiger partial charge in [-0.1, -0.05) is 37.6 Å². The molecule has 34 heavy (non-hydrogen) atoms. The Morgan fingerprint density at radius 2 is 1.97 bits per heavy atom. The van der Waals surface area contributed by atoms with Crippen molar-refractivity contribution in [1.29, 1.82) is 0 Å². The van der Waals surface area contributed by atoms with E-state index in [-0.39, 0.29) is 0 Å². The highest BCUT2D eigenvalue weighted by Crippen LogP contribution is 2.28. The van der Waals surface area contributed by atoms with E-state index in [2.05, 4.69) is 22.6 Å². The number of hydrogen-bond donors (Lipinski definition) is 1. The van der Waals surface area contributed by atoms with Gasteiger partial charge in [0, 0.05) is 37.9 Å². The first-order chi connectivity index (χ1) is 16.1. The summed E-state index contributed by atoms with van der Waals surface area (Å²) in [5.74, 6) is -1.39. The molecule has 1 aliphatic rings. The van der Waals surface area contributed by atoms with E-state index >= 15 is 0 Å². The van der Waals surface area contributed by atoms with Gasteiger partial charge in [0.2, 0.25) is 0 Å². The number of alkyl halides is 3. The number of morpholine rings is 1. The van der Waals surface area contributed by atoms with E-state index < -0.39 is 28.5 Å². The van der Waals surface area contributed by atoms with Crippen molar-refractivity contribution in [2.75, 3.05) is 45.1 Å². The molecule has 192 valence electrons. The Bertz CT molecular complexity index is 853. The van der Waals surface area contributed by atoms with E-state index in [1.54, 1.807) is 13.8 Å². The van der Waals surface area contributed by atoms with Gasteiger partial charge in [-0.05, 0) is 44.4 Å². The Hall–Kier alpha value is -1.75. The van der Waals surface area contributed by atoms with E-state index in [9.17, 15) is 17.4 Å². The second-order valence-corrected chi connectivity index (χ2v) is 9.90. The Balaban J connectivity index is 2.23. The zero-order valence-corrected chi connectivity index (χ0v) is 21.3. The van der Waals surface area contributed by atoms with Crippen LogP contribution in [-0.4, -0.2) is 71.7 Å². The quantitative estimate of drug-likeness (QED) is 0.337. The monoisotopic (exact) mass is 502 g/mol. The number of benzene rings is 1. The first kappa shape index (κ1) is 28.5. The SMILES string of the molecule is CCC/C=C(/c1cccc(C(C)(C)NS(=O)CC(F)(F)F)c1)N(CC)/N=C/CN1CCOCC1. The highest BCUT2D eigenvalue weighted by Gasteiger charge is 2.33. The van der Waals surface area contributed by atoms with Crippen LogP contribution in [-0.2, 0) is 21.3 Å². The van der Waals surface area contributed by atoms with Crippen molar-refractivity contribution in [3.05, 3.63) is 41.5 Å². The number of ether oxygens (including phenoxy) is 1. The summed E-state index contributed by atoms with van der Waals surface area (Å²) >= 11 is 0. The lowest BCUT2D eigenvalue weighted by atomic mass is 9.93. The van der Waals surface area contributed by atoms with Crippen LogP contribution in [0.15, 0.2) is 35.4 Å². The molecule has 1 atom stereocenters. The van der Waals surface area contributed by atoms with Crippen molar-refractivity contribution in [2.24, 2.45) is 5.10 Å². The third-order valence-electron chi connectivity index (χ3n) is 5.41. The fourth-order valence-electron chi connectivity index (χ4n) is 3.60. The lowest BCUT2D eigenvalue weighted by molar-refractivity contribution is -0.106. The van der Waals surface area contributed by atoms with Crippen molar-refractivity contribution in [1.82, 2.24) is 14.6 Å². The molecule has 1 heterocycles. The second-order valence-electron chi connectivity index (χ2n) is 8.72. The van der Waals surface area contributed by atoms with Gasteiger partial charge >= 0.3 is 6.18 Å². The van der Waals surface area contributed by atoms with Crippen LogP contribution in [0.25, 0.3) is 5.70 Å². The molecule has 0 saturated carbocycles.